The van der Waals surface area contributed by atoms with Gasteiger partial charge in [-0.1, -0.05) is 0 Å². The third-order valence-corrected chi connectivity index (χ3v) is 6.23. The summed E-state index contributed by atoms with van der Waals surface area (Å²) in [5.41, 5.74) is 5.87. The first-order valence-electron chi connectivity index (χ1n) is 5.47. The lowest BCUT2D eigenvalue weighted by molar-refractivity contribution is 0.0999. The van der Waals surface area contributed by atoms with Gasteiger partial charge in [0.15, 0.2) is 0 Å². The predicted octanol–water partition coefficient (Wildman–Crippen LogP) is 3.42. The van der Waals surface area contributed by atoms with Crippen LogP contribution in [0.2, 0.25) is 0 Å². The molecule has 16 heavy (non-hydrogen) atoms. The molecular formula is C11H16BrNOS2. The first kappa shape index (κ1) is 12.9. The average molecular weight is 322 g/mol. The van der Waals surface area contributed by atoms with Crippen molar-refractivity contribution < 1.29 is 4.74 Å². The molecule has 0 aromatic carbocycles. The van der Waals surface area contributed by atoms with Crippen molar-refractivity contribution >= 4 is 39.0 Å². The second-order valence-electron chi connectivity index (χ2n) is 3.84. The molecule has 0 saturated carbocycles. The summed E-state index contributed by atoms with van der Waals surface area (Å²) in [5, 5.41) is 3.28. The minimum absolute atomic E-state index is 0.444. The van der Waals surface area contributed by atoms with Gasteiger partial charge in [-0.3, -0.25) is 0 Å². The monoisotopic (exact) mass is 321 g/mol. The zero-order chi connectivity index (χ0) is 11.4. The molecule has 2 N–H and O–H groups in total. The molecule has 90 valence electrons. The lowest BCUT2D eigenvalue weighted by Gasteiger charge is -2.25. The molecule has 1 fully saturated rings. The van der Waals surface area contributed by atoms with Gasteiger partial charge in [0.1, 0.15) is 0 Å². The van der Waals surface area contributed by atoms with Crippen LogP contribution in [0.3, 0.4) is 0 Å². The number of nitrogens with two attached hydrogens (primary N) is 1. The number of halogens is 1. The first-order chi connectivity index (χ1) is 7.79. The third-order valence-electron chi connectivity index (χ3n) is 2.64. The molecule has 1 aromatic rings. The SMILES string of the molecule is NCC(SC1CCOCC1)c1cc(Br)cs1. The number of rotatable bonds is 4. The largest absolute Gasteiger partial charge is 0.381 e. The van der Waals surface area contributed by atoms with E-state index in [1.165, 1.54) is 9.35 Å². The van der Waals surface area contributed by atoms with Gasteiger partial charge in [-0.25, -0.2) is 0 Å². The Hall–Kier alpha value is 0.450. The smallest absolute Gasteiger partial charge is 0.0516 e. The number of thiophene rings is 1. The van der Waals surface area contributed by atoms with Crippen molar-refractivity contribution in [3.8, 4) is 0 Å². The van der Waals surface area contributed by atoms with E-state index in [9.17, 15) is 0 Å². The van der Waals surface area contributed by atoms with E-state index < -0.39 is 0 Å². The van der Waals surface area contributed by atoms with Gasteiger partial charge in [0, 0.05) is 39.7 Å². The summed E-state index contributed by atoms with van der Waals surface area (Å²) in [6.07, 6.45) is 2.32. The molecule has 1 aliphatic rings. The predicted molar refractivity (Wildman–Crippen MR) is 75.2 cm³/mol. The first-order valence-corrected chi connectivity index (χ1v) is 8.08. The Morgan fingerprint density at radius 3 is 2.88 bits per heavy atom. The second kappa shape index (κ2) is 6.40. The molecule has 2 heterocycles. The van der Waals surface area contributed by atoms with Crippen LogP contribution in [-0.4, -0.2) is 25.0 Å². The highest BCUT2D eigenvalue weighted by molar-refractivity contribution is 9.10. The molecule has 0 spiro atoms. The standard InChI is InChI=1S/C11H16BrNOS2/c12-8-5-10(15-7-8)11(6-13)16-9-1-3-14-4-2-9/h5,7,9,11H,1-4,6,13H2. The Kier molecular flexibility index (Phi) is 5.16. The van der Waals surface area contributed by atoms with Gasteiger partial charge in [0.05, 0.1) is 5.25 Å². The summed E-state index contributed by atoms with van der Waals surface area (Å²) in [6.45, 7) is 2.53. The zero-order valence-corrected chi connectivity index (χ0v) is 12.2. The van der Waals surface area contributed by atoms with E-state index in [-0.39, 0.29) is 0 Å². The molecule has 0 bridgehead atoms. The Morgan fingerprint density at radius 2 is 2.31 bits per heavy atom. The molecule has 0 radical (unpaired) electrons. The van der Waals surface area contributed by atoms with Crippen LogP contribution in [-0.2, 0) is 4.74 Å². The molecule has 1 aromatic heterocycles. The van der Waals surface area contributed by atoms with Gasteiger partial charge in [0.2, 0.25) is 0 Å². The fourth-order valence-electron chi connectivity index (χ4n) is 1.78. The molecule has 2 nitrogen and oxygen atoms in total. The quantitative estimate of drug-likeness (QED) is 0.922. The fraction of sp³-hybridized carbons (Fsp3) is 0.636. The van der Waals surface area contributed by atoms with Gasteiger partial charge in [-0.15, -0.1) is 23.1 Å². The summed E-state index contributed by atoms with van der Waals surface area (Å²) in [7, 11) is 0. The van der Waals surface area contributed by atoms with E-state index >= 15 is 0 Å². The summed E-state index contributed by atoms with van der Waals surface area (Å²) in [4.78, 5) is 1.38. The van der Waals surface area contributed by atoms with Crippen LogP contribution < -0.4 is 5.73 Å². The van der Waals surface area contributed by atoms with E-state index in [0.717, 1.165) is 32.6 Å². The van der Waals surface area contributed by atoms with Crippen molar-refractivity contribution in [2.24, 2.45) is 5.73 Å². The Bertz CT molecular complexity index is 326. The maximum Gasteiger partial charge on any atom is 0.0516 e. The van der Waals surface area contributed by atoms with E-state index in [1.54, 1.807) is 11.3 Å². The van der Waals surface area contributed by atoms with Crippen molar-refractivity contribution in [1.29, 1.82) is 0 Å². The van der Waals surface area contributed by atoms with Gasteiger partial charge in [0.25, 0.3) is 0 Å². The summed E-state index contributed by atoms with van der Waals surface area (Å²) in [5.74, 6) is 0. The topological polar surface area (TPSA) is 35.2 Å². The summed E-state index contributed by atoms with van der Waals surface area (Å²) >= 11 is 7.30. The molecule has 0 aliphatic carbocycles. The molecular weight excluding hydrogens is 306 g/mol. The maximum absolute atomic E-state index is 5.87. The van der Waals surface area contributed by atoms with Crippen molar-refractivity contribution in [3.05, 3.63) is 20.8 Å². The van der Waals surface area contributed by atoms with Crippen LogP contribution in [0.5, 0.6) is 0 Å². The van der Waals surface area contributed by atoms with Crippen LogP contribution in [0.4, 0.5) is 0 Å². The summed E-state index contributed by atoms with van der Waals surface area (Å²) < 4.78 is 6.54. The van der Waals surface area contributed by atoms with E-state index in [2.05, 4.69) is 27.4 Å². The van der Waals surface area contributed by atoms with Gasteiger partial charge in [-0.2, -0.15) is 0 Å². The zero-order valence-electron chi connectivity index (χ0n) is 9.02. The molecule has 1 saturated heterocycles. The van der Waals surface area contributed by atoms with Crippen molar-refractivity contribution in [2.45, 2.75) is 23.3 Å². The van der Waals surface area contributed by atoms with Crippen LogP contribution in [0.1, 0.15) is 23.0 Å². The highest BCUT2D eigenvalue weighted by Crippen LogP contribution is 2.38. The van der Waals surface area contributed by atoms with Crippen molar-refractivity contribution in [3.63, 3.8) is 0 Å². The third kappa shape index (κ3) is 3.47. The highest BCUT2D eigenvalue weighted by atomic mass is 79.9. The Balaban J connectivity index is 1.94. The molecule has 0 amide bonds. The van der Waals surface area contributed by atoms with Gasteiger partial charge < -0.3 is 10.5 Å². The molecule has 1 aliphatic heterocycles. The number of hydrogen-bond acceptors (Lipinski definition) is 4. The van der Waals surface area contributed by atoms with Gasteiger partial charge in [-0.05, 0) is 34.8 Å². The van der Waals surface area contributed by atoms with E-state index in [4.69, 9.17) is 10.5 Å². The van der Waals surface area contributed by atoms with E-state index in [1.807, 2.05) is 11.8 Å². The minimum Gasteiger partial charge on any atom is -0.381 e. The number of hydrogen-bond donors (Lipinski definition) is 1. The van der Waals surface area contributed by atoms with Crippen LogP contribution >= 0.6 is 39.0 Å². The summed E-state index contributed by atoms with van der Waals surface area (Å²) in [6, 6.07) is 2.19. The van der Waals surface area contributed by atoms with Crippen molar-refractivity contribution in [2.75, 3.05) is 19.8 Å². The fourth-order valence-corrected chi connectivity index (χ4v) is 4.79. The lowest BCUT2D eigenvalue weighted by atomic mass is 10.2. The lowest BCUT2D eigenvalue weighted by Crippen LogP contribution is -2.20. The molecule has 1 atom stereocenters. The van der Waals surface area contributed by atoms with Crippen molar-refractivity contribution in [1.82, 2.24) is 0 Å². The maximum atomic E-state index is 5.87. The normalized spacial score (nSPS) is 19.9. The Morgan fingerprint density at radius 1 is 1.56 bits per heavy atom. The second-order valence-corrected chi connectivity index (χ2v) is 7.21. The average Bonchev–Trinajstić information content (AvgIpc) is 2.74. The molecule has 2 rings (SSSR count). The minimum atomic E-state index is 0.444. The van der Waals surface area contributed by atoms with Crippen LogP contribution in [0, 0.1) is 0 Å². The number of thioether (sulfide) groups is 1. The van der Waals surface area contributed by atoms with Crippen LogP contribution in [0.15, 0.2) is 15.9 Å². The Labute approximate surface area is 113 Å². The highest BCUT2D eigenvalue weighted by Gasteiger charge is 2.21. The molecule has 1 unspecified atom stereocenters. The van der Waals surface area contributed by atoms with E-state index in [0.29, 0.717) is 10.5 Å². The van der Waals surface area contributed by atoms with Gasteiger partial charge >= 0.3 is 0 Å². The number of ether oxygens (including phenoxy) is 1. The van der Waals surface area contributed by atoms with Crippen LogP contribution in [0.25, 0.3) is 0 Å². The molecule has 5 heteroatoms.